The molecule has 0 aromatic carbocycles. The van der Waals surface area contributed by atoms with E-state index in [4.69, 9.17) is 0 Å². The van der Waals surface area contributed by atoms with E-state index >= 15 is 0 Å². The van der Waals surface area contributed by atoms with Gasteiger partial charge in [0.25, 0.3) is 0 Å². The van der Waals surface area contributed by atoms with Crippen LogP contribution in [0.15, 0.2) is 12.7 Å². The third kappa shape index (κ3) is 7.63. The van der Waals surface area contributed by atoms with Crippen molar-refractivity contribution in [1.82, 2.24) is 5.32 Å². The van der Waals surface area contributed by atoms with Gasteiger partial charge in [0.1, 0.15) is 0 Å². The number of hydrogen-bond acceptors (Lipinski definition) is 3. The number of aliphatic carboxylic acids is 1. The van der Waals surface area contributed by atoms with Crippen LogP contribution in [0.2, 0.25) is 0 Å². The average molecular weight is 177 g/mol. The molecule has 0 spiro atoms. The Hall–Kier alpha value is -0.723. The summed E-state index contributed by atoms with van der Waals surface area (Å²) in [6.07, 6.45) is 0.879. The fraction of sp³-hybridized carbons (Fsp3) is 0.500. The molecule has 1 amide bonds. The van der Waals surface area contributed by atoms with E-state index in [1.54, 1.807) is 13.8 Å². The first-order valence-electron chi connectivity index (χ1n) is 3.52. The summed E-state index contributed by atoms with van der Waals surface area (Å²) >= 11 is 0. The maximum Gasteiger partial charge on any atom is 1.00 e. The number of carbonyl (C=O) groups is 2. The molecule has 13 heavy (non-hydrogen) atoms. The van der Waals surface area contributed by atoms with Gasteiger partial charge in [0, 0.05) is 17.9 Å². The van der Waals surface area contributed by atoms with E-state index in [0.29, 0.717) is 0 Å². The first kappa shape index (κ1) is 14.8. The predicted molar refractivity (Wildman–Crippen MR) is 42.0 cm³/mol. The summed E-state index contributed by atoms with van der Waals surface area (Å²) in [6, 6.07) is 0. The third-order valence-corrected chi connectivity index (χ3v) is 1.23. The zero-order valence-corrected chi connectivity index (χ0v) is 8.22. The number of nitrogens with one attached hydrogen (secondary N) is 1. The van der Waals surface area contributed by atoms with Crippen molar-refractivity contribution in [3.05, 3.63) is 12.7 Å². The molecule has 4 nitrogen and oxygen atoms in total. The molecule has 1 N–H and O–H groups in total. The molecule has 5 heteroatoms. The van der Waals surface area contributed by atoms with Crippen LogP contribution in [0.3, 0.4) is 0 Å². The maximum absolute atomic E-state index is 10.8. The van der Waals surface area contributed by atoms with Crippen molar-refractivity contribution in [3.63, 3.8) is 0 Å². The second kappa shape index (κ2) is 5.84. The Labute approximate surface area is 89.6 Å². The zero-order chi connectivity index (χ0) is 9.78. The van der Waals surface area contributed by atoms with Gasteiger partial charge in [-0.2, -0.15) is 0 Å². The number of amides is 1. The molecule has 0 aromatic rings. The van der Waals surface area contributed by atoms with Crippen LogP contribution in [0.5, 0.6) is 0 Å². The maximum atomic E-state index is 10.8. The molecule has 0 fully saturated rings. The quantitative estimate of drug-likeness (QED) is 0.354. The Morgan fingerprint density at radius 2 is 2.00 bits per heavy atom. The van der Waals surface area contributed by atoms with Crippen molar-refractivity contribution in [2.75, 3.05) is 0 Å². The van der Waals surface area contributed by atoms with Crippen molar-refractivity contribution in [3.8, 4) is 0 Å². The number of carboxylic acid groups (broad SMARTS) is 1. The fourth-order valence-electron chi connectivity index (χ4n) is 0.790. The van der Waals surface area contributed by atoms with Crippen molar-refractivity contribution in [2.24, 2.45) is 0 Å². The van der Waals surface area contributed by atoms with Crippen LogP contribution in [0.4, 0.5) is 0 Å². The number of carbonyl (C=O) groups excluding carboxylic acids is 2. The van der Waals surface area contributed by atoms with Gasteiger partial charge >= 0.3 is 18.9 Å². The van der Waals surface area contributed by atoms with Crippen molar-refractivity contribution in [1.29, 1.82) is 0 Å². The van der Waals surface area contributed by atoms with Crippen molar-refractivity contribution >= 4 is 11.9 Å². The molecule has 0 radical (unpaired) electrons. The second-order valence-corrected chi connectivity index (χ2v) is 3.13. The van der Waals surface area contributed by atoms with E-state index < -0.39 is 11.5 Å². The minimum Gasteiger partial charge on any atom is -0.550 e. The van der Waals surface area contributed by atoms with Crippen LogP contribution in [-0.2, 0) is 9.59 Å². The molecule has 0 heterocycles. The molecule has 0 saturated heterocycles. The average Bonchev–Trinajstić information content (AvgIpc) is 1.83. The monoisotopic (exact) mass is 177 g/mol. The SMILES string of the molecule is C=CC(=O)NC(C)(C)CC(=O)[O-].[Li+]. The normalized spacial score (nSPS) is 9.69. The third-order valence-electron chi connectivity index (χ3n) is 1.23. The second-order valence-electron chi connectivity index (χ2n) is 3.13. The van der Waals surface area contributed by atoms with Gasteiger partial charge in [-0.15, -0.1) is 0 Å². The van der Waals surface area contributed by atoms with Gasteiger partial charge in [-0.1, -0.05) is 6.58 Å². The van der Waals surface area contributed by atoms with Crippen LogP contribution in [0.1, 0.15) is 20.3 Å². The molecule has 0 rings (SSSR count). The molecule has 68 valence electrons. The smallest absolute Gasteiger partial charge is 0.550 e. The summed E-state index contributed by atoms with van der Waals surface area (Å²) in [6.45, 7) is 6.45. The van der Waals surface area contributed by atoms with Crippen LogP contribution >= 0.6 is 0 Å². The largest absolute Gasteiger partial charge is 1.00 e. The molecule has 0 atom stereocenters. The summed E-state index contributed by atoms with van der Waals surface area (Å²) in [5.74, 6) is -1.58. The summed E-state index contributed by atoms with van der Waals surface area (Å²) in [4.78, 5) is 21.0. The number of hydrogen-bond donors (Lipinski definition) is 1. The minimum absolute atomic E-state index is 0. The van der Waals surface area contributed by atoms with Gasteiger partial charge in [0.15, 0.2) is 0 Å². The Balaban J connectivity index is 0. The summed E-state index contributed by atoms with van der Waals surface area (Å²) < 4.78 is 0. The molecule has 0 aliphatic heterocycles. The van der Waals surface area contributed by atoms with Gasteiger partial charge < -0.3 is 15.2 Å². The molecule has 0 aliphatic rings. The predicted octanol–water partition coefficient (Wildman–Crippen LogP) is -3.79. The van der Waals surface area contributed by atoms with Crippen LogP contribution < -0.4 is 29.3 Å². The molecule has 0 aliphatic carbocycles. The molecule has 0 aromatic heterocycles. The van der Waals surface area contributed by atoms with Gasteiger partial charge in [0.2, 0.25) is 5.91 Å². The summed E-state index contributed by atoms with van der Waals surface area (Å²) in [5.41, 5.74) is -0.788. The van der Waals surface area contributed by atoms with E-state index in [1.807, 2.05) is 0 Å². The van der Waals surface area contributed by atoms with Crippen LogP contribution in [-0.4, -0.2) is 17.4 Å². The zero-order valence-electron chi connectivity index (χ0n) is 8.22. The van der Waals surface area contributed by atoms with Crippen molar-refractivity contribution in [2.45, 2.75) is 25.8 Å². The first-order chi connectivity index (χ1) is 5.37. The van der Waals surface area contributed by atoms with E-state index in [-0.39, 0.29) is 31.2 Å². The molecule has 0 saturated carbocycles. The molecule has 0 unspecified atom stereocenters. The van der Waals surface area contributed by atoms with E-state index in [2.05, 4.69) is 11.9 Å². The van der Waals surface area contributed by atoms with Crippen LogP contribution in [0.25, 0.3) is 0 Å². The molecular formula is C8H12LiNO3. The van der Waals surface area contributed by atoms with Crippen LogP contribution in [0, 0.1) is 0 Å². The van der Waals surface area contributed by atoms with E-state index in [1.165, 1.54) is 0 Å². The standard InChI is InChI=1S/C8H13NO3.Li/c1-4-6(10)9-8(2,3)5-7(11)12;/h4H,1,5H2,2-3H3,(H,9,10)(H,11,12);/q;+1/p-1. The number of carboxylic acids is 1. The van der Waals surface area contributed by atoms with E-state index in [9.17, 15) is 14.7 Å². The topological polar surface area (TPSA) is 69.2 Å². The van der Waals surface area contributed by atoms with Gasteiger partial charge in [-0.25, -0.2) is 0 Å². The summed E-state index contributed by atoms with van der Waals surface area (Å²) in [7, 11) is 0. The Bertz CT molecular complexity index is 213. The first-order valence-corrected chi connectivity index (χ1v) is 3.52. The Morgan fingerprint density at radius 1 is 1.54 bits per heavy atom. The molecular weight excluding hydrogens is 165 g/mol. The Kier molecular flexibility index (Phi) is 6.64. The fourth-order valence-corrected chi connectivity index (χ4v) is 0.790. The van der Waals surface area contributed by atoms with Crippen molar-refractivity contribution < 1.29 is 33.6 Å². The van der Waals surface area contributed by atoms with Gasteiger partial charge in [0.05, 0.1) is 0 Å². The molecule has 0 bridgehead atoms. The van der Waals surface area contributed by atoms with E-state index in [0.717, 1.165) is 6.08 Å². The van der Waals surface area contributed by atoms with Gasteiger partial charge in [-0.3, -0.25) is 4.79 Å². The Morgan fingerprint density at radius 3 is 2.31 bits per heavy atom. The summed E-state index contributed by atoms with van der Waals surface area (Å²) in [5, 5.41) is 12.7. The van der Waals surface area contributed by atoms with Gasteiger partial charge in [-0.05, 0) is 19.9 Å². The number of rotatable bonds is 4. The minimum atomic E-state index is -1.19.